The van der Waals surface area contributed by atoms with Gasteiger partial charge in [-0.05, 0) is 49.4 Å². The highest BCUT2D eigenvalue weighted by Gasteiger charge is 2.28. The lowest BCUT2D eigenvalue weighted by molar-refractivity contribution is 0.0207. The first-order chi connectivity index (χ1) is 9.25. The summed E-state index contributed by atoms with van der Waals surface area (Å²) >= 11 is 0. The molecule has 19 heavy (non-hydrogen) atoms. The van der Waals surface area contributed by atoms with Crippen molar-refractivity contribution < 1.29 is 4.74 Å². The zero-order chi connectivity index (χ0) is 13.1. The zero-order valence-corrected chi connectivity index (χ0v) is 11.8. The van der Waals surface area contributed by atoms with E-state index in [-0.39, 0.29) is 5.60 Å². The van der Waals surface area contributed by atoms with E-state index in [1.165, 1.54) is 29.5 Å². The predicted octanol–water partition coefficient (Wildman–Crippen LogP) is 1.99. The SMILES string of the molecule is CC1(CNCc2ccc3c(c2)CNCC3)CCCO1. The Bertz CT molecular complexity index is 438. The van der Waals surface area contributed by atoms with Crippen LogP contribution in [0.4, 0.5) is 0 Å². The summed E-state index contributed by atoms with van der Waals surface area (Å²) < 4.78 is 5.80. The average molecular weight is 260 g/mol. The van der Waals surface area contributed by atoms with Crippen LogP contribution in [-0.2, 0) is 24.2 Å². The first-order valence-electron chi connectivity index (χ1n) is 7.41. The van der Waals surface area contributed by atoms with Gasteiger partial charge >= 0.3 is 0 Å². The van der Waals surface area contributed by atoms with Crippen LogP contribution in [0.2, 0.25) is 0 Å². The van der Waals surface area contributed by atoms with Crippen LogP contribution in [0, 0.1) is 0 Å². The van der Waals surface area contributed by atoms with Crippen molar-refractivity contribution >= 4 is 0 Å². The van der Waals surface area contributed by atoms with Gasteiger partial charge in [-0.1, -0.05) is 18.2 Å². The van der Waals surface area contributed by atoms with Gasteiger partial charge in [-0.2, -0.15) is 0 Å². The Morgan fingerprint density at radius 2 is 2.32 bits per heavy atom. The van der Waals surface area contributed by atoms with Crippen molar-refractivity contribution in [3.63, 3.8) is 0 Å². The van der Waals surface area contributed by atoms with Crippen molar-refractivity contribution in [2.45, 2.75) is 44.9 Å². The van der Waals surface area contributed by atoms with E-state index in [9.17, 15) is 0 Å². The Morgan fingerprint density at radius 3 is 3.16 bits per heavy atom. The molecular weight excluding hydrogens is 236 g/mol. The molecule has 1 aromatic carbocycles. The van der Waals surface area contributed by atoms with E-state index >= 15 is 0 Å². The van der Waals surface area contributed by atoms with Gasteiger partial charge in [0.2, 0.25) is 0 Å². The molecule has 3 rings (SSSR count). The van der Waals surface area contributed by atoms with Gasteiger partial charge in [0, 0.05) is 26.2 Å². The van der Waals surface area contributed by atoms with Crippen LogP contribution < -0.4 is 10.6 Å². The van der Waals surface area contributed by atoms with Gasteiger partial charge in [-0.3, -0.25) is 0 Å². The number of hydrogen-bond acceptors (Lipinski definition) is 3. The summed E-state index contributed by atoms with van der Waals surface area (Å²) in [5.74, 6) is 0. The molecule has 1 saturated heterocycles. The van der Waals surface area contributed by atoms with Crippen molar-refractivity contribution in [1.82, 2.24) is 10.6 Å². The van der Waals surface area contributed by atoms with E-state index in [0.29, 0.717) is 0 Å². The quantitative estimate of drug-likeness (QED) is 0.868. The molecule has 0 spiro atoms. The van der Waals surface area contributed by atoms with Crippen molar-refractivity contribution in [2.75, 3.05) is 19.7 Å². The first kappa shape index (κ1) is 13.1. The van der Waals surface area contributed by atoms with Crippen LogP contribution in [-0.4, -0.2) is 25.3 Å². The third-order valence-corrected chi connectivity index (χ3v) is 4.29. The van der Waals surface area contributed by atoms with Crippen LogP contribution >= 0.6 is 0 Å². The Hall–Kier alpha value is -0.900. The highest BCUT2D eigenvalue weighted by Crippen LogP contribution is 2.24. The minimum Gasteiger partial charge on any atom is -0.374 e. The van der Waals surface area contributed by atoms with E-state index in [2.05, 4.69) is 35.8 Å². The maximum atomic E-state index is 5.80. The molecule has 2 aliphatic rings. The van der Waals surface area contributed by atoms with E-state index in [1.54, 1.807) is 0 Å². The molecule has 0 saturated carbocycles. The lowest BCUT2D eigenvalue weighted by Gasteiger charge is -2.24. The van der Waals surface area contributed by atoms with Gasteiger partial charge in [0.15, 0.2) is 0 Å². The predicted molar refractivity (Wildman–Crippen MR) is 77.2 cm³/mol. The van der Waals surface area contributed by atoms with Gasteiger partial charge in [-0.25, -0.2) is 0 Å². The van der Waals surface area contributed by atoms with Gasteiger partial charge in [0.25, 0.3) is 0 Å². The van der Waals surface area contributed by atoms with E-state index in [0.717, 1.165) is 39.2 Å². The second-order valence-electron chi connectivity index (χ2n) is 6.04. The molecule has 2 N–H and O–H groups in total. The molecule has 1 atom stereocenters. The molecule has 2 aliphatic heterocycles. The molecule has 0 amide bonds. The summed E-state index contributed by atoms with van der Waals surface area (Å²) in [6.45, 7) is 7.14. The van der Waals surface area contributed by atoms with Gasteiger partial charge in [0.05, 0.1) is 5.60 Å². The Balaban J connectivity index is 1.55. The van der Waals surface area contributed by atoms with Crippen LogP contribution in [0.5, 0.6) is 0 Å². The zero-order valence-electron chi connectivity index (χ0n) is 11.8. The third kappa shape index (κ3) is 3.16. The average Bonchev–Trinajstić information content (AvgIpc) is 2.86. The highest BCUT2D eigenvalue weighted by molar-refractivity contribution is 5.33. The normalized spacial score (nSPS) is 26.4. The van der Waals surface area contributed by atoms with Crippen molar-refractivity contribution in [3.8, 4) is 0 Å². The number of nitrogens with one attached hydrogen (secondary N) is 2. The number of ether oxygens (including phenoxy) is 1. The van der Waals surface area contributed by atoms with E-state index in [1.807, 2.05) is 0 Å². The summed E-state index contributed by atoms with van der Waals surface area (Å²) in [5.41, 5.74) is 4.40. The molecule has 1 aromatic rings. The van der Waals surface area contributed by atoms with E-state index < -0.39 is 0 Å². The molecule has 0 aliphatic carbocycles. The molecule has 1 unspecified atom stereocenters. The molecule has 3 heteroatoms. The van der Waals surface area contributed by atoms with Crippen molar-refractivity contribution in [3.05, 3.63) is 34.9 Å². The molecule has 0 aromatic heterocycles. The number of fused-ring (bicyclic) bond motifs is 1. The maximum Gasteiger partial charge on any atom is 0.0779 e. The monoisotopic (exact) mass is 260 g/mol. The largest absolute Gasteiger partial charge is 0.374 e. The Labute approximate surface area is 115 Å². The molecule has 2 heterocycles. The number of benzene rings is 1. The molecular formula is C16H24N2O. The number of hydrogen-bond donors (Lipinski definition) is 2. The minimum atomic E-state index is 0.0514. The lowest BCUT2D eigenvalue weighted by Crippen LogP contribution is -2.36. The first-order valence-corrected chi connectivity index (χ1v) is 7.41. The van der Waals surface area contributed by atoms with Crippen molar-refractivity contribution in [2.24, 2.45) is 0 Å². The fraction of sp³-hybridized carbons (Fsp3) is 0.625. The van der Waals surface area contributed by atoms with E-state index in [4.69, 9.17) is 4.74 Å². The highest BCUT2D eigenvalue weighted by atomic mass is 16.5. The van der Waals surface area contributed by atoms with Crippen LogP contribution in [0.1, 0.15) is 36.5 Å². The molecule has 0 radical (unpaired) electrons. The second kappa shape index (κ2) is 5.61. The summed E-state index contributed by atoms with van der Waals surface area (Å²) in [6, 6.07) is 6.89. The maximum absolute atomic E-state index is 5.80. The summed E-state index contributed by atoms with van der Waals surface area (Å²) in [7, 11) is 0. The summed E-state index contributed by atoms with van der Waals surface area (Å²) in [5, 5.41) is 6.98. The lowest BCUT2D eigenvalue weighted by atomic mass is 9.98. The number of rotatable bonds is 4. The Morgan fingerprint density at radius 1 is 1.37 bits per heavy atom. The van der Waals surface area contributed by atoms with Crippen LogP contribution in [0.25, 0.3) is 0 Å². The third-order valence-electron chi connectivity index (χ3n) is 4.29. The molecule has 104 valence electrons. The second-order valence-corrected chi connectivity index (χ2v) is 6.04. The summed E-state index contributed by atoms with van der Waals surface area (Å²) in [4.78, 5) is 0. The fourth-order valence-corrected chi connectivity index (χ4v) is 3.09. The standard InChI is InChI=1S/C16H24N2O/c1-16(6-2-8-19-16)12-18-10-13-3-4-14-5-7-17-11-15(14)9-13/h3-4,9,17-18H,2,5-8,10-12H2,1H3. The van der Waals surface area contributed by atoms with Gasteiger partial charge in [0.1, 0.15) is 0 Å². The molecule has 0 bridgehead atoms. The summed E-state index contributed by atoms with van der Waals surface area (Å²) in [6.07, 6.45) is 3.53. The van der Waals surface area contributed by atoms with Crippen LogP contribution in [0.15, 0.2) is 18.2 Å². The van der Waals surface area contributed by atoms with Crippen molar-refractivity contribution in [1.29, 1.82) is 0 Å². The van der Waals surface area contributed by atoms with Gasteiger partial charge in [-0.15, -0.1) is 0 Å². The molecule has 3 nitrogen and oxygen atoms in total. The smallest absolute Gasteiger partial charge is 0.0779 e. The topological polar surface area (TPSA) is 33.3 Å². The minimum absolute atomic E-state index is 0.0514. The van der Waals surface area contributed by atoms with Gasteiger partial charge < -0.3 is 15.4 Å². The Kier molecular flexibility index (Phi) is 3.87. The fourth-order valence-electron chi connectivity index (χ4n) is 3.09. The molecule has 1 fully saturated rings. The van der Waals surface area contributed by atoms with Crippen LogP contribution in [0.3, 0.4) is 0 Å².